The molecule has 0 bridgehead atoms. The zero-order chi connectivity index (χ0) is 21.8. The summed E-state index contributed by atoms with van der Waals surface area (Å²) in [7, 11) is 0. The quantitative estimate of drug-likeness (QED) is 0.460. The number of aliphatic hydroxyl groups excluding tert-OH is 1. The van der Waals surface area contributed by atoms with Crippen LogP contribution in [0.3, 0.4) is 0 Å². The van der Waals surface area contributed by atoms with Gasteiger partial charge in [0.1, 0.15) is 11.8 Å². The van der Waals surface area contributed by atoms with E-state index in [0.29, 0.717) is 18.0 Å². The third kappa shape index (κ3) is 4.02. The Bertz CT molecular complexity index is 1150. The summed E-state index contributed by atoms with van der Waals surface area (Å²) >= 11 is 0. The van der Waals surface area contributed by atoms with E-state index >= 15 is 0 Å². The number of hydrogen-bond donors (Lipinski definition) is 2. The Morgan fingerprint density at radius 2 is 1.87 bits per heavy atom. The molecule has 6 heteroatoms. The van der Waals surface area contributed by atoms with Gasteiger partial charge in [0.2, 0.25) is 0 Å². The van der Waals surface area contributed by atoms with E-state index < -0.39 is 12.0 Å². The number of phenols is 1. The fraction of sp³-hybridized carbons (Fsp3) is 0.208. The molecule has 152 valence electrons. The number of nitrogens with zero attached hydrogens (tertiary/aromatic N) is 3. The molecule has 30 heavy (non-hydrogen) atoms. The SMILES string of the molecule is C=NN(C(=O)c1ccc(O)c(C#N)c1)c1ccc(C(O)CC(C)C)c2ccccc12. The number of phenolic OH excluding ortho intramolecular Hbond substituents is 1. The highest BCUT2D eigenvalue weighted by Crippen LogP contribution is 2.35. The molecule has 6 nitrogen and oxygen atoms in total. The minimum atomic E-state index is -0.625. The first-order chi connectivity index (χ1) is 14.4. The fourth-order valence-corrected chi connectivity index (χ4v) is 3.49. The first-order valence-electron chi connectivity index (χ1n) is 9.61. The van der Waals surface area contributed by atoms with Crippen molar-refractivity contribution in [2.75, 3.05) is 5.01 Å². The van der Waals surface area contributed by atoms with Crippen LogP contribution < -0.4 is 5.01 Å². The van der Waals surface area contributed by atoms with Crippen LogP contribution in [0.2, 0.25) is 0 Å². The third-order valence-electron chi connectivity index (χ3n) is 4.91. The highest BCUT2D eigenvalue weighted by atomic mass is 16.3. The van der Waals surface area contributed by atoms with Gasteiger partial charge in [-0.25, -0.2) is 0 Å². The van der Waals surface area contributed by atoms with E-state index in [9.17, 15) is 15.0 Å². The lowest BCUT2D eigenvalue weighted by molar-refractivity contribution is 0.0988. The van der Waals surface area contributed by atoms with E-state index in [-0.39, 0.29) is 16.9 Å². The van der Waals surface area contributed by atoms with Crippen molar-refractivity contribution < 1.29 is 15.0 Å². The van der Waals surface area contributed by atoms with Gasteiger partial charge in [-0.2, -0.15) is 15.4 Å². The first-order valence-corrected chi connectivity index (χ1v) is 9.61. The average molecular weight is 401 g/mol. The van der Waals surface area contributed by atoms with Crippen LogP contribution in [0.5, 0.6) is 5.75 Å². The second kappa shape index (κ2) is 8.76. The minimum Gasteiger partial charge on any atom is -0.507 e. The molecule has 1 atom stereocenters. The number of benzene rings is 3. The average Bonchev–Trinajstić information content (AvgIpc) is 2.74. The summed E-state index contributed by atoms with van der Waals surface area (Å²) in [6, 6.07) is 16.9. The number of amides is 1. The van der Waals surface area contributed by atoms with Gasteiger partial charge in [0, 0.05) is 17.7 Å². The van der Waals surface area contributed by atoms with Gasteiger partial charge in [0.25, 0.3) is 5.91 Å². The molecule has 3 aromatic carbocycles. The number of hydrazone groups is 1. The van der Waals surface area contributed by atoms with Gasteiger partial charge in [0.15, 0.2) is 0 Å². The summed E-state index contributed by atoms with van der Waals surface area (Å²) < 4.78 is 0. The Morgan fingerprint density at radius 3 is 2.50 bits per heavy atom. The number of aromatic hydroxyl groups is 1. The predicted octanol–water partition coefficient (Wildman–Crippen LogP) is 4.76. The summed E-state index contributed by atoms with van der Waals surface area (Å²) in [6.07, 6.45) is -0.00376. The van der Waals surface area contributed by atoms with Gasteiger partial charge < -0.3 is 10.2 Å². The van der Waals surface area contributed by atoms with Crippen molar-refractivity contribution in [1.82, 2.24) is 0 Å². The summed E-state index contributed by atoms with van der Waals surface area (Å²) in [4.78, 5) is 13.1. The maximum Gasteiger partial charge on any atom is 0.278 e. The van der Waals surface area contributed by atoms with E-state index in [1.807, 2.05) is 30.3 Å². The second-order valence-corrected chi connectivity index (χ2v) is 7.47. The highest BCUT2D eigenvalue weighted by Gasteiger charge is 2.22. The molecular formula is C24H23N3O3. The molecule has 0 radical (unpaired) electrons. The van der Waals surface area contributed by atoms with E-state index in [0.717, 1.165) is 21.3 Å². The number of rotatable bonds is 6. The summed E-state index contributed by atoms with van der Waals surface area (Å²) in [5.41, 5.74) is 1.50. The molecule has 1 unspecified atom stereocenters. The summed E-state index contributed by atoms with van der Waals surface area (Å²) in [6.45, 7) is 7.64. The monoisotopic (exact) mass is 401 g/mol. The van der Waals surface area contributed by atoms with Crippen molar-refractivity contribution >= 4 is 29.1 Å². The molecule has 3 aromatic rings. The molecule has 0 aliphatic rings. The lowest BCUT2D eigenvalue weighted by atomic mass is 9.94. The minimum absolute atomic E-state index is 0.00174. The maximum absolute atomic E-state index is 13.1. The van der Waals surface area contributed by atoms with E-state index in [1.165, 1.54) is 18.2 Å². The van der Waals surface area contributed by atoms with Crippen LogP contribution >= 0.6 is 0 Å². The molecule has 0 saturated carbocycles. The van der Waals surface area contributed by atoms with Crippen molar-refractivity contribution in [3.8, 4) is 11.8 Å². The van der Waals surface area contributed by atoms with Crippen LogP contribution in [0.25, 0.3) is 10.8 Å². The standard InChI is InChI=1S/C24H23N3O3/c1-15(2)12-23(29)20-9-10-21(19-7-5-4-6-18(19)20)27(26-3)24(30)16-8-11-22(28)17(13-16)14-25/h4-11,13,15,23,28-29H,3,12H2,1-2H3. The van der Waals surface area contributed by atoms with E-state index in [4.69, 9.17) is 5.26 Å². The highest BCUT2D eigenvalue weighted by molar-refractivity contribution is 6.11. The third-order valence-corrected chi connectivity index (χ3v) is 4.91. The summed E-state index contributed by atoms with van der Waals surface area (Å²) in [5, 5.41) is 36.2. The van der Waals surface area contributed by atoms with Crippen LogP contribution in [0.1, 0.15) is 47.9 Å². The number of carbonyl (C=O) groups excluding carboxylic acids is 1. The van der Waals surface area contributed by atoms with Crippen LogP contribution in [-0.4, -0.2) is 22.8 Å². The molecular weight excluding hydrogens is 378 g/mol. The van der Waals surface area contributed by atoms with E-state index in [1.54, 1.807) is 12.1 Å². The zero-order valence-corrected chi connectivity index (χ0v) is 16.9. The van der Waals surface area contributed by atoms with Crippen LogP contribution in [0.15, 0.2) is 59.7 Å². The normalized spacial score (nSPS) is 11.8. The number of aliphatic hydroxyl groups is 1. The first kappa shape index (κ1) is 21.0. The van der Waals surface area contributed by atoms with Crippen LogP contribution in [0.4, 0.5) is 5.69 Å². The zero-order valence-electron chi connectivity index (χ0n) is 16.9. The molecule has 3 rings (SSSR count). The van der Waals surface area contributed by atoms with Crippen molar-refractivity contribution in [2.24, 2.45) is 11.0 Å². The Balaban J connectivity index is 2.10. The van der Waals surface area contributed by atoms with Crippen molar-refractivity contribution in [1.29, 1.82) is 5.26 Å². The molecule has 0 aliphatic carbocycles. The number of carbonyl (C=O) groups is 1. The van der Waals surface area contributed by atoms with Crippen molar-refractivity contribution in [3.63, 3.8) is 0 Å². The van der Waals surface area contributed by atoms with Crippen molar-refractivity contribution in [2.45, 2.75) is 26.4 Å². The van der Waals surface area contributed by atoms with Gasteiger partial charge in [0.05, 0.1) is 17.4 Å². The number of fused-ring (bicyclic) bond motifs is 1. The Hall–Kier alpha value is -3.69. The Labute approximate surface area is 175 Å². The van der Waals surface area contributed by atoms with Gasteiger partial charge in [-0.05, 0) is 47.6 Å². The predicted molar refractivity (Wildman–Crippen MR) is 118 cm³/mol. The topological polar surface area (TPSA) is 96.9 Å². The Kier molecular flexibility index (Phi) is 6.14. The van der Waals surface area contributed by atoms with Crippen molar-refractivity contribution in [3.05, 3.63) is 71.3 Å². The van der Waals surface area contributed by atoms with Gasteiger partial charge in [-0.1, -0.05) is 44.2 Å². The van der Waals surface area contributed by atoms with Gasteiger partial charge in [-0.15, -0.1) is 0 Å². The lowest BCUT2D eigenvalue weighted by Gasteiger charge is -2.22. The number of hydrogen-bond acceptors (Lipinski definition) is 5. The molecule has 0 aliphatic heterocycles. The number of nitriles is 1. The molecule has 1 amide bonds. The Morgan fingerprint density at radius 1 is 1.17 bits per heavy atom. The molecule has 0 aromatic heterocycles. The van der Waals surface area contributed by atoms with E-state index in [2.05, 4.69) is 25.7 Å². The van der Waals surface area contributed by atoms with Crippen LogP contribution in [-0.2, 0) is 0 Å². The molecule has 2 N–H and O–H groups in total. The maximum atomic E-state index is 13.1. The largest absolute Gasteiger partial charge is 0.507 e. The van der Waals surface area contributed by atoms with Gasteiger partial charge >= 0.3 is 0 Å². The fourth-order valence-electron chi connectivity index (χ4n) is 3.49. The van der Waals surface area contributed by atoms with Gasteiger partial charge in [-0.3, -0.25) is 4.79 Å². The second-order valence-electron chi connectivity index (χ2n) is 7.47. The smallest absolute Gasteiger partial charge is 0.278 e. The van der Waals surface area contributed by atoms with Crippen LogP contribution in [0, 0.1) is 17.2 Å². The molecule has 0 spiro atoms. The molecule has 0 fully saturated rings. The lowest BCUT2D eigenvalue weighted by Crippen LogP contribution is -2.25. The molecule has 0 heterocycles. The molecule has 0 saturated heterocycles. The summed E-state index contributed by atoms with van der Waals surface area (Å²) in [5.74, 6) is -0.349. The number of anilines is 1.